The van der Waals surface area contributed by atoms with Gasteiger partial charge in [-0.25, -0.2) is 0 Å². The van der Waals surface area contributed by atoms with Gasteiger partial charge < -0.3 is 0 Å². The first-order chi connectivity index (χ1) is 4.97. The first-order valence-corrected chi connectivity index (χ1v) is 3.97. The number of aryl methyl sites for hydroxylation is 2. The molecule has 1 aromatic rings. The zero-order valence-corrected chi connectivity index (χ0v) is 6.08. The number of nitrogens with zero attached hydrogens (tertiary/aromatic N) is 2. The van der Waals surface area contributed by atoms with E-state index in [1.165, 1.54) is 31.4 Å². The summed E-state index contributed by atoms with van der Waals surface area (Å²) < 4.78 is 2.13. The minimum atomic E-state index is 1.13. The molecule has 0 saturated carbocycles. The van der Waals surface area contributed by atoms with Crippen molar-refractivity contribution in [3.05, 3.63) is 18.0 Å². The van der Waals surface area contributed by atoms with Gasteiger partial charge in [0, 0.05) is 18.4 Å². The highest BCUT2D eigenvalue weighted by Crippen LogP contribution is 2.12. The van der Waals surface area contributed by atoms with Gasteiger partial charge in [0.25, 0.3) is 0 Å². The third-order valence-corrected chi connectivity index (χ3v) is 2.11. The number of hydrogen-bond donors (Lipinski definition) is 0. The highest BCUT2D eigenvalue weighted by atomic mass is 15.3. The fraction of sp³-hybridized carbons (Fsp3) is 0.625. The van der Waals surface area contributed by atoms with Gasteiger partial charge in [0.2, 0.25) is 0 Å². The number of rotatable bonds is 0. The molecule has 0 atom stereocenters. The van der Waals surface area contributed by atoms with Gasteiger partial charge in [0.1, 0.15) is 0 Å². The molecule has 1 aliphatic heterocycles. The Kier molecular flexibility index (Phi) is 1.46. The zero-order valence-electron chi connectivity index (χ0n) is 6.08. The van der Waals surface area contributed by atoms with E-state index in [0.717, 1.165) is 6.54 Å². The van der Waals surface area contributed by atoms with Crippen molar-refractivity contribution in [3.63, 3.8) is 0 Å². The van der Waals surface area contributed by atoms with Gasteiger partial charge in [-0.2, -0.15) is 5.10 Å². The predicted octanol–water partition coefficient (Wildman–Crippen LogP) is 1.61. The molecule has 2 rings (SSSR count). The van der Waals surface area contributed by atoms with E-state index >= 15 is 0 Å². The molecule has 0 aliphatic carbocycles. The second-order valence-electron chi connectivity index (χ2n) is 2.86. The van der Waals surface area contributed by atoms with E-state index < -0.39 is 0 Å². The number of aromatic nitrogens is 2. The second kappa shape index (κ2) is 2.45. The monoisotopic (exact) mass is 136 g/mol. The van der Waals surface area contributed by atoms with Crippen molar-refractivity contribution >= 4 is 0 Å². The molecular formula is C8H12N2. The zero-order chi connectivity index (χ0) is 6.81. The van der Waals surface area contributed by atoms with Crippen LogP contribution in [0.15, 0.2) is 12.3 Å². The lowest BCUT2D eigenvalue weighted by Crippen LogP contribution is -2.00. The summed E-state index contributed by atoms with van der Waals surface area (Å²) in [6.45, 7) is 1.13. The van der Waals surface area contributed by atoms with Crippen molar-refractivity contribution in [2.75, 3.05) is 0 Å². The van der Waals surface area contributed by atoms with Crippen LogP contribution in [0.3, 0.4) is 0 Å². The van der Waals surface area contributed by atoms with Crippen LogP contribution in [0.25, 0.3) is 0 Å². The van der Waals surface area contributed by atoms with Gasteiger partial charge in [0.15, 0.2) is 0 Å². The molecule has 0 radical (unpaired) electrons. The van der Waals surface area contributed by atoms with E-state index in [1.54, 1.807) is 0 Å². The first-order valence-electron chi connectivity index (χ1n) is 3.97. The van der Waals surface area contributed by atoms with Crippen molar-refractivity contribution in [2.45, 2.75) is 32.2 Å². The van der Waals surface area contributed by atoms with Gasteiger partial charge in [-0.15, -0.1) is 0 Å². The summed E-state index contributed by atoms with van der Waals surface area (Å²) in [6, 6.07) is 2.13. The molecule has 0 N–H and O–H groups in total. The topological polar surface area (TPSA) is 17.8 Å². The number of hydrogen-bond acceptors (Lipinski definition) is 1. The van der Waals surface area contributed by atoms with E-state index in [0.29, 0.717) is 0 Å². The molecule has 1 aromatic heterocycles. The first kappa shape index (κ1) is 5.96. The lowest BCUT2D eigenvalue weighted by atomic mass is 10.2. The van der Waals surface area contributed by atoms with E-state index in [9.17, 15) is 0 Å². The highest BCUT2D eigenvalue weighted by Gasteiger charge is 2.05. The van der Waals surface area contributed by atoms with Crippen molar-refractivity contribution in [2.24, 2.45) is 0 Å². The largest absolute Gasteiger partial charge is 0.270 e. The lowest BCUT2D eigenvalue weighted by Gasteiger charge is -1.98. The quantitative estimate of drug-likeness (QED) is 0.529. The average molecular weight is 136 g/mol. The molecule has 2 heterocycles. The van der Waals surface area contributed by atoms with Crippen LogP contribution in [0, 0.1) is 0 Å². The van der Waals surface area contributed by atoms with E-state index in [1.807, 2.05) is 6.20 Å². The molecule has 0 bridgehead atoms. The maximum Gasteiger partial charge on any atom is 0.0492 e. The second-order valence-corrected chi connectivity index (χ2v) is 2.86. The maximum atomic E-state index is 4.23. The van der Waals surface area contributed by atoms with Gasteiger partial charge in [0.05, 0.1) is 0 Å². The summed E-state index contributed by atoms with van der Waals surface area (Å²) in [5.74, 6) is 0. The molecule has 10 heavy (non-hydrogen) atoms. The van der Waals surface area contributed by atoms with Gasteiger partial charge in [-0.05, 0) is 25.3 Å². The Morgan fingerprint density at radius 2 is 2.30 bits per heavy atom. The summed E-state index contributed by atoms with van der Waals surface area (Å²) in [5.41, 5.74) is 1.41. The van der Waals surface area contributed by atoms with Gasteiger partial charge in [-0.3, -0.25) is 4.68 Å². The van der Waals surface area contributed by atoms with Gasteiger partial charge in [-0.1, -0.05) is 6.42 Å². The summed E-state index contributed by atoms with van der Waals surface area (Å²) in [5, 5.41) is 4.23. The van der Waals surface area contributed by atoms with Crippen LogP contribution in [0.1, 0.15) is 25.0 Å². The standard InChI is InChI=1S/C8H12N2/c1-2-4-8-5-6-9-10(8)7-3-1/h5-6H,1-4,7H2. The molecule has 0 spiro atoms. The fourth-order valence-corrected chi connectivity index (χ4v) is 1.52. The van der Waals surface area contributed by atoms with Crippen LogP contribution in [-0.2, 0) is 13.0 Å². The molecule has 0 amide bonds. The SMILES string of the molecule is c1cc2n(n1)CCCCC2. The maximum absolute atomic E-state index is 4.23. The fourth-order valence-electron chi connectivity index (χ4n) is 1.52. The molecule has 1 aliphatic rings. The van der Waals surface area contributed by atoms with Crippen LogP contribution in [0.5, 0.6) is 0 Å². The normalized spacial score (nSPS) is 18.0. The van der Waals surface area contributed by atoms with Crippen molar-refractivity contribution < 1.29 is 0 Å². The molecule has 0 unspecified atom stereocenters. The van der Waals surface area contributed by atoms with Crippen LogP contribution in [0.2, 0.25) is 0 Å². The van der Waals surface area contributed by atoms with Crippen molar-refractivity contribution in [1.29, 1.82) is 0 Å². The minimum absolute atomic E-state index is 1.13. The van der Waals surface area contributed by atoms with E-state index in [-0.39, 0.29) is 0 Å². The average Bonchev–Trinajstić information content (AvgIpc) is 2.28. The Bertz CT molecular complexity index is 194. The summed E-state index contributed by atoms with van der Waals surface area (Å²) >= 11 is 0. The van der Waals surface area contributed by atoms with Crippen LogP contribution >= 0.6 is 0 Å². The van der Waals surface area contributed by atoms with Crippen LogP contribution in [0.4, 0.5) is 0 Å². The van der Waals surface area contributed by atoms with E-state index in [2.05, 4.69) is 15.8 Å². The van der Waals surface area contributed by atoms with Crippen LogP contribution in [-0.4, -0.2) is 9.78 Å². The Morgan fingerprint density at radius 3 is 3.30 bits per heavy atom. The highest BCUT2D eigenvalue weighted by molar-refractivity contribution is 5.01. The Hall–Kier alpha value is -0.790. The Morgan fingerprint density at radius 1 is 1.30 bits per heavy atom. The third-order valence-electron chi connectivity index (χ3n) is 2.11. The third kappa shape index (κ3) is 0.939. The predicted molar refractivity (Wildman–Crippen MR) is 39.8 cm³/mol. The van der Waals surface area contributed by atoms with Crippen molar-refractivity contribution in [3.8, 4) is 0 Å². The molecule has 0 saturated heterocycles. The number of fused-ring (bicyclic) bond motifs is 1. The summed E-state index contributed by atoms with van der Waals surface area (Å²) in [7, 11) is 0. The minimum Gasteiger partial charge on any atom is -0.270 e. The molecule has 54 valence electrons. The summed E-state index contributed by atoms with van der Waals surface area (Å²) in [6.07, 6.45) is 7.13. The summed E-state index contributed by atoms with van der Waals surface area (Å²) in [4.78, 5) is 0. The molecule has 2 nitrogen and oxygen atoms in total. The van der Waals surface area contributed by atoms with Crippen molar-refractivity contribution in [1.82, 2.24) is 9.78 Å². The molecule has 0 fully saturated rings. The molecule has 2 heteroatoms. The Labute approximate surface area is 60.9 Å². The lowest BCUT2D eigenvalue weighted by molar-refractivity contribution is 0.576. The van der Waals surface area contributed by atoms with Crippen LogP contribution < -0.4 is 0 Å². The van der Waals surface area contributed by atoms with Gasteiger partial charge >= 0.3 is 0 Å². The van der Waals surface area contributed by atoms with E-state index in [4.69, 9.17) is 0 Å². The molecule has 0 aromatic carbocycles. The molecular weight excluding hydrogens is 124 g/mol. The Balaban J connectivity index is 2.28. The smallest absolute Gasteiger partial charge is 0.0492 e.